The van der Waals surface area contributed by atoms with E-state index in [1.807, 2.05) is 6.07 Å². The molecular weight excluding hydrogens is 208 g/mol. The molecule has 1 nitrogen and oxygen atoms in total. The van der Waals surface area contributed by atoms with E-state index in [-0.39, 0.29) is 5.92 Å². The second-order valence-corrected chi connectivity index (χ2v) is 5.19. The Morgan fingerprint density at radius 3 is 2.29 bits per heavy atom. The number of ketones is 1. The van der Waals surface area contributed by atoms with Gasteiger partial charge in [-0.3, -0.25) is 4.79 Å². The standard InChI is InChI=1S/C16H24O/c1-13(2)16(14(3)17)12-8-7-11-15-9-5-4-6-10-15/h4-6,9-10,13,16H,7-8,11-12H2,1-3H3. The molecule has 1 rings (SSSR count). The minimum absolute atomic E-state index is 0.255. The second kappa shape index (κ2) is 7.26. The first-order valence-corrected chi connectivity index (χ1v) is 6.65. The molecule has 0 fully saturated rings. The van der Waals surface area contributed by atoms with E-state index < -0.39 is 0 Å². The Hall–Kier alpha value is -1.11. The van der Waals surface area contributed by atoms with Crippen molar-refractivity contribution >= 4 is 5.78 Å². The molecule has 0 N–H and O–H groups in total. The summed E-state index contributed by atoms with van der Waals surface area (Å²) in [6, 6.07) is 10.6. The Bertz CT molecular complexity index is 327. The van der Waals surface area contributed by atoms with Gasteiger partial charge in [0.2, 0.25) is 0 Å². The molecule has 17 heavy (non-hydrogen) atoms. The van der Waals surface area contributed by atoms with Gasteiger partial charge in [0.1, 0.15) is 5.78 Å². The topological polar surface area (TPSA) is 17.1 Å². The van der Waals surface area contributed by atoms with Crippen LogP contribution in [0.5, 0.6) is 0 Å². The minimum atomic E-state index is 0.255. The monoisotopic (exact) mass is 232 g/mol. The Morgan fingerprint density at radius 1 is 1.12 bits per heavy atom. The number of carbonyl (C=O) groups is 1. The second-order valence-electron chi connectivity index (χ2n) is 5.19. The molecule has 0 amide bonds. The molecule has 0 aliphatic heterocycles. The van der Waals surface area contributed by atoms with E-state index in [1.54, 1.807) is 6.92 Å². The van der Waals surface area contributed by atoms with Crippen LogP contribution in [0.4, 0.5) is 0 Å². The normalized spacial score (nSPS) is 12.7. The van der Waals surface area contributed by atoms with Gasteiger partial charge in [-0.2, -0.15) is 0 Å². The highest BCUT2D eigenvalue weighted by molar-refractivity contribution is 5.78. The van der Waals surface area contributed by atoms with Crippen molar-refractivity contribution in [3.05, 3.63) is 35.9 Å². The zero-order valence-electron chi connectivity index (χ0n) is 11.3. The van der Waals surface area contributed by atoms with Crippen molar-refractivity contribution in [2.75, 3.05) is 0 Å². The van der Waals surface area contributed by atoms with E-state index in [9.17, 15) is 4.79 Å². The molecule has 0 spiro atoms. The van der Waals surface area contributed by atoms with Crippen LogP contribution in [0.1, 0.15) is 45.6 Å². The fourth-order valence-electron chi connectivity index (χ4n) is 2.34. The van der Waals surface area contributed by atoms with E-state index in [0.717, 1.165) is 19.3 Å². The third-order valence-corrected chi connectivity index (χ3v) is 3.40. The zero-order valence-corrected chi connectivity index (χ0v) is 11.3. The summed E-state index contributed by atoms with van der Waals surface area (Å²) >= 11 is 0. The SMILES string of the molecule is CC(=O)C(CCCCc1ccccc1)C(C)C. The quantitative estimate of drug-likeness (QED) is 0.642. The van der Waals surface area contributed by atoms with Crippen LogP contribution < -0.4 is 0 Å². The highest BCUT2D eigenvalue weighted by Gasteiger charge is 2.17. The summed E-state index contributed by atoms with van der Waals surface area (Å²) in [4.78, 5) is 11.4. The van der Waals surface area contributed by atoms with Gasteiger partial charge in [-0.05, 0) is 37.7 Å². The van der Waals surface area contributed by atoms with Crippen molar-refractivity contribution in [3.63, 3.8) is 0 Å². The Kier molecular flexibility index (Phi) is 5.96. The lowest BCUT2D eigenvalue weighted by Gasteiger charge is -2.17. The molecule has 1 heteroatoms. The molecule has 1 aromatic carbocycles. The molecule has 94 valence electrons. The molecule has 0 saturated heterocycles. The molecule has 0 bridgehead atoms. The lowest BCUT2D eigenvalue weighted by atomic mass is 9.87. The van der Waals surface area contributed by atoms with Crippen LogP contribution >= 0.6 is 0 Å². The highest BCUT2D eigenvalue weighted by Crippen LogP contribution is 2.19. The summed E-state index contributed by atoms with van der Waals surface area (Å²) in [6.07, 6.45) is 4.50. The number of aryl methyl sites for hydroxylation is 1. The van der Waals surface area contributed by atoms with Crippen molar-refractivity contribution in [2.45, 2.75) is 46.5 Å². The summed E-state index contributed by atoms with van der Waals surface area (Å²) < 4.78 is 0. The van der Waals surface area contributed by atoms with Gasteiger partial charge in [0.15, 0.2) is 0 Å². The molecular formula is C16H24O. The number of hydrogen-bond acceptors (Lipinski definition) is 1. The van der Waals surface area contributed by atoms with Gasteiger partial charge in [-0.15, -0.1) is 0 Å². The number of rotatable bonds is 7. The Labute approximate surface area is 105 Å². The third kappa shape index (κ3) is 5.16. The maximum Gasteiger partial charge on any atom is 0.133 e. The van der Waals surface area contributed by atoms with E-state index in [4.69, 9.17) is 0 Å². The predicted molar refractivity (Wildman–Crippen MR) is 73.0 cm³/mol. The maximum atomic E-state index is 11.4. The van der Waals surface area contributed by atoms with Crippen molar-refractivity contribution in [2.24, 2.45) is 11.8 Å². The van der Waals surface area contributed by atoms with Crippen molar-refractivity contribution in [1.82, 2.24) is 0 Å². The van der Waals surface area contributed by atoms with E-state index in [0.29, 0.717) is 11.7 Å². The molecule has 1 unspecified atom stereocenters. The van der Waals surface area contributed by atoms with Crippen molar-refractivity contribution in [1.29, 1.82) is 0 Å². The van der Waals surface area contributed by atoms with Crippen molar-refractivity contribution in [3.8, 4) is 0 Å². The van der Waals surface area contributed by atoms with E-state index in [1.165, 1.54) is 12.0 Å². The fraction of sp³-hybridized carbons (Fsp3) is 0.562. The first-order chi connectivity index (χ1) is 8.11. The average Bonchev–Trinajstić information content (AvgIpc) is 2.29. The molecule has 1 atom stereocenters. The number of benzene rings is 1. The average molecular weight is 232 g/mol. The van der Waals surface area contributed by atoms with Crippen molar-refractivity contribution < 1.29 is 4.79 Å². The maximum absolute atomic E-state index is 11.4. The Balaban J connectivity index is 2.26. The van der Waals surface area contributed by atoms with Crippen LogP contribution in [-0.2, 0) is 11.2 Å². The van der Waals surface area contributed by atoms with Gasteiger partial charge in [0, 0.05) is 5.92 Å². The van der Waals surface area contributed by atoms with Crippen LogP contribution in [0.25, 0.3) is 0 Å². The lowest BCUT2D eigenvalue weighted by molar-refractivity contribution is -0.122. The van der Waals surface area contributed by atoms with Crippen LogP contribution in [0.2, 0.25) is 0 Å². The molecule has 0 heterocycles. The molecule has 0 aliphatic rings. The van der Waals surface area contributed by atoms with Crippen LogP contribution in [0.15, 0.2) is 30.3 Å². The number of carbonyl (C=O) groups excluding carboxylic acids is 1. The summed E-state index contributed by atoms with van der Waals surface area (Å²) in [5, 5.41) is 0. The minimum Gasteiger partial charge on any atom is -0.300 e. The van der Waals surface area contributed by atoms with Gasteiger partial charge >= 0.3 is 0 Å². The lowest BCUT2D eigenvalue weighted by Crippen LogP contribution is -2.17. The van der Waals surface area contributed by atoms with Crippen LogP contribution in [-0.4, -0.2) is 5.78 Å². The first kappa shape index (κ1) is 14.0. The molecule has 0 radical (unpaired) electrons. The molecule has 1 aromatic rings. The predicted octanol–water partition coefficient (Wildman–Crippen LogP) is 4.26. The molecule has 0 aromatic heterocycles. The number of hydrogen-bond donors (Lipinski definition) is 0. The number of unbranched alkanes of at least 4 members (excludes halogenated alkanes) is 1. The molecule has 0 saturated carbocycles. The smallest absolute Gasteiger partial charge is 0.133 e. The van der Waals surface area contributed by atoms with Gasteiger partial charge in [0.25, 0.3) is 0 Å². The Morgan fingerprint density at radius 2 is 1.76 bits per heavy atom. The first-order valence-electron chi connectivity index (χ1n) is 6.65. The highest BCUT2D eigenvalue weighted by atomic mass is 16.1. The fourth-order valence-corrected chi connectivity index (χ4v) is 2.34. The van der Waals surface area contributed by atoms with E-state index >= 15 is 0 Å². The van der Waals surface area contributed by atoms with Gasteiger partial charge < -0.3 is 0 Å². The third-order valence-electron chi connectivity index (χ3n) is 3.40. The van der Waals surface area contributed by atoms with Gasteiger partial charge in [-0.1, -0.05) is 50.6 Å². The zero-order chi connectivity index (χ0) is 12.7. The summed E-state index contributed by atoms with van der Waals surface area (Å²) in [7, 11) is 0. The van der Waals surface area contributed by atoms with Gasteiger partial charge in [-0.25, -0.2) is 0 Å². The van der Waals surface area contributed by atoms with Gasteiger partial charge in [0.05, 0.1) is 0 Å². The summed E-state index contributed by atoms with van der Waals surface area (Å²) in [5.41, 5.74) is 1.40. The summed E-state index contributed by atoms with van der Waals surface area (Å²) in [5.74, 6) is 1.08. The largest absolute Gasteiger partial charge is 0.300 e. The van der Waals surface area contributed by atoms with E-state index in [2.05, 4.69) is 38.1 Å². The molecule has 0 aliphatic carbocycles. The van der Waals surface area contributed by atoms with Crippen LogP contribution in [0.3, 0.4) is 0 Å². The number of Topliss-reactive ketones (excluding diaryl/α,β-unsaturated/α-hetero) is 1. The van der Waals surface area contributed by atoms with Crippen LogP contribution in [0, 0.1) is 11.8 Å². The summed E-state index contributed by atoms with van der Waals surface area (Å²) in [6.45, 7) is 6.01.